The van der Waals surface area contributed by atoms with E-state index in [0.717, 1.165) is 50.2 Å². The molecule has 0 bridgehead atoms. The molecule has 2 fully saturated rings. The molecule has 2 aliphatic rings. The molecule has 0 saturated carbocycles. The Morgan fingerprint density at radius 2 is 1.53 bits per heavy atom. The monoisotopic (exact) mass is 752 g/mol. The maximum atomic E-state index is 14.2. The maximum Gasteiger partial charge on any atom is 0.416 e. The Balaban J connectivity index is 1.05. The summed E-state index contributed by atoms with van der Waals surface area (Å²) in [7, 11) is 0. The van der Waals surface area contributed by atoms with E-state index < -0.39 is 23.6 Å². The van der Waals surface area contributed by atoms with Crippen molar-refractivity contribution in [3.8, 4) is 0 Å². The van der Waals surface area contributed by atoms with Gasteiger partial charge in [0.25, 0.3) is 11.8 Å². The Morgan fingerprint density at radius 1 is 0.800 bits per heavy atom. The van der Waals surface area contributed by atoms with Crippen LogP contribution in [0.1, 0.15) is 44.3 Å². The van der Waals surface area contributed by atoms with E-state index in [1.54, 1.807) is 31.2 Å². The van der Waals surface area contributed by atoms with Gasteiger partial charge in [0.1, 0.15) is 12.1 Å². The second kappa shape index (κ2) is 16.4. The number of hydrogen-bond donors (Lipinski definition) is 3. The van der Waals surface area contributed by atoms with Gasteiger partial charge in [0.2, 0.25) is 0 Å². The van der Waals surface area contributed by atoms with Gasteiger partial charge in [-0.25, -0.2) is 9.97 Å². The molecule has 0 radical (unpaired) electrons. The van der Waals surface area contributed by atoms with E-state index in [2.05, 4.69) is 42.6 Å². The number of nitrogens with zero attached hydrogens (tertiary/aromatic N) is 5. The lowest BCUT2D eigenvalue weighted by Gasteiger charge is -2.34. The van der Waals surface area contributed by atoms with Gasteiger partial charge >= 0.3 is 6.18 Å². The number of carbonyl (C=O) groups excluding carboxylic acids is 2. The number of nitrogens with one attached hydrogen (secondary N) is 3. The standard InChI is InChI=1S/C41H43F3N8O3/c1-3-50-15-17-51(18-16-50)25-29-9-10-31(24-35(29)41(42,43)44)48-39(53)28-8-7-27(2)36(23-28)49-40(54)34-6-4-5-33-37(34)45-26-46-38(33)47-30-11-13-32(14-12-30)52-19-21-55-22-20-52/h4-14,23-24,26H,3,15-22,25H2,1-2H3,(H,48,53)(H,49,54)(H,45,46,47). The van der Waals surface area contributed by atoms with Crippen LogP contribution >= 0.6 is 0 Å². The van der Waals surface area contributed by atoms with E-state index in [0.29, 0.717) is 59.8 Å². The van der Waals surface area contributed by atoms with Gasteiger partial charge in [-0.2, -0.15) is 13.2 Å². The van der Waals surface area contributed by atoms with Gasteiger partial charge in [0.05, 0.1) is 29.9 Å². The third kappa shape index (κ3) is 8.88. The lowest BCUT2D eigenvalue weighted by atomic mass is 10.0. The summed E-state index contributed by atoms with van der Waals surface area (Å²) in [4.78, 5) is 42.5. The zero-order valence-electron chi connectivity index (χ0n) is 30.7. The molecule has 3 N–H and O–H groups in total. The number of fused-ring (bicyclic) bond motifs is 1. The van der Waals surface area contributed by atoms with E-state index in [1.807, 2.05) is 35.2 Å². The molecule has 0 atom stereocenters. The molecular weight excluding hydrogens is 709 g/mol. The number of benzene rings is 4. The highest BCUT2D eigenvalue weighted by molar-refractivity contribution is 6.14. The summed E-state index contributed by atoms with van der Waals surface area (Å²) in [6, 6.07) is 21.9. The number of alkyl halides is 3. The molecule has 3 heterocycles. The number of ether oxygens (including phenoxy) is 1. The van der Waals surface area contributed by atoms with Gasteiger partial charge < -0.3 is 30.5 Å². The summed E-state index contributed by atoms with van der Waals surface area (Å²) < 4.78 is 48.1. The molecule has 7 rings (SSSR count). The Labute approximate surface area is 317 Å². The SMILES string of the molecule is CCN1CCN(Cc2ccc(NC(=O)c3ccc(C)c(NC(=O)c4cccc5c(Nc6ccc(N7CCOCC7)cc6)ncnc45)c3)cc2C(F)(F)F)CC1. The van der Waals surface area contributed by atoms with Crippen LogP contribution in [0.3, 0.4) is 0 Å². The van der Waals surface area contributed by atoms with Crippen molar-refractivity contribution in [2.24, 2.45) is 0 Å². The Kier molecular flexibility index (Phi) is 11.3. The molecule has 286 valence electrons. The summed E-state index contributed by atoms with van der Waals surface area (Å²) >= 11 is 0. The smallest absolute Gasteiger partial charge is 0.378 e. The zero-order chi connectivity index (χ0) is 38.5. The molecule has 2 amide bonds. The fraction of sp³-hybridized carbons (Fsp3) is 0.317. The van der Waals surface area contributed by atoms with E-state index in [9.17, 15) is 22.8 Å². The number of carbonyl (C=O) groups is 2. The molecule has 2 aliphatic heterocycles. The number of hydrogen-bond acceptors (Lipinski definition) is 9. The topological polar surface area (TPSA) is 115 Å². The number of para-hydroxylation sites is 1. The Morgan fingerprint density at radius 3 is 2.25 bits per heavy atom. The van der Waals surface area contributed by atoms with Crippen LogP contribution in [0.2, 0.25) is 0 Å². The van der Waals surface area contributed by atoms with Gasteiger partial charge in [-0.3, -0.25) is 14.5 Å². The van der Waals surface area contributed by atoms with Crippen molar-refractivity contribution in [3.05, 3.63) is 113 Å². The van der Waals surface area contributed by atoms with E-state index in [4.69, 9.17) is 4.74 Å². The van der Waals surface area contributed by atoms with Crippen LogP contribution in [0.15, 0.2) is 85.2 Å². The van der Waals surface area contributed by atoms with Crippen molar-refractivity contribution in [1.29, 1.82) is 0 Å². The Hall–Kier alpha value is -5.57. The molecule has 2 saturated heterocycles. The second-order valence-electron chi connectivity index (χ2n) is 13.7. The first-order valence-electron chi connectivity index (χ1n) is 18.4. The highest BCUT2D eigenvalue weighted by Crippen LogP contribution is 2.35. The van der Waals surface area contributed by atoms with Crippen molar-refractivity contribution < 1.29 is 27.5 Å². The molecule has 1 aromatic heterocycles. The Bertz CT molecular complexity index is 2170. The van der Waals surface area contributed by atoms with Crippen molar-refractivity contribution in [2.75, 3.05) is 79.9 Å². The predicted molar refractivity (Wildman–Crippen MR) is 208 cm³/mol. The largest absolute Gasteiger partial charge is 0.416 e. The van der Waals surface area contributed by atoms with Crippen LogP contribution in [-0.4, -0.2) is 90.6 Å². The van der Waals surface area contributed by atoms with Crippen molar-refractivity contribution in [1.82, 2.24) is 19.8 Å². The highest BCUT2D eigenvalue weighted by atomic mass is 19.4. The molecule has 5 aromatic rings. The van der Waals surface area contributed by atoms with Gasteiger partial charge in [-0.1, -0.05) is 25.1 Å². The first-order valence-corrected chi connectivity index (χ1v) is 18.4. The van der Waals surface area contributed by atoms with E-state index in [-0.39, 0.29) is 23.4 Å². The minimum absolute atomic E-state index is 0.0240. The van der Waals surface area contributed by atoms with Gasteiger partial charge in [-0.05, 0) is 85.3 Å². The highest BCUT2D eigenvalue weighted by Gasteiger charge is 2.34. The molecule has 14 heteroatoms. The minimum Gasteiger partial charge on any atom is -0.378 e. The molecule has 11 nitrogen and oxygen atoms in total. The lowest BCUT2D eigenvalue weighted by molar-refractivity contribution is -0.138. The summed E-state index contributed by atoms with van der Waals surface area (Å²) in [6.45, 7) is 11.0. The van der Waals surface area contributed by atoms with Crippen molar-refractivity contribution >= 4 is 51.3 Å². The summed E-state index contributed by atoms with van der Waals surface area (Å²) in [5.41, 5.74) is 3.29. The number of aromatic nitrogens is 2. The molecule has 55 heavy (non-hydrogen) atoms. The van der Waals surface area contributed by atoms with Crippen LogP contribution in [0.5, 0.6) is 0 Å². The van der Waals surface area contributed by atoms with Gasteiger partial charge in [0, 0.05) is 79.5 Å². The number of likely N-dealkylation sites (N-methyl/N-ethyl adjacent to an activating group) is 1. The zero-order valence-corrected chi connectivity index (χ0v) is 30.7. The first-order chi connectivity index (χ1) is 26.6. The van der Waals surface area contributed by atoms with Crippen molar-refractivity contribution in [3.63, 3.8) is 0 Å². The number of piperazine rings is 1. The second-order valence-corrected chi connectivity index (χ2v) is 13.7. The normalized spacial score (nSPS) is 15.5. The third-order valence-corrected chi connectivity index (χ3v) is 10.1. The molecule has 0 unspecified atom stereocenters. The van der Waals surface area contributed by atoms with Gasteiger partial charge in [-0.15, -0.1) is 0 Å². The number of aryl methyl sites for hydroxylation is 1. The average molecular weight is 753 g/mol. The first kappa shape index (κ1) is 37.7. The molecule has 0 spiro atoms. The quantitative estimate of drug-likeness (QED) is 0.137. The van der Waals surface area contributed by atoms with E-state index >= 15 is 0 Å². The number of anilines is 5. The van der Waals surface area contributed by atoms with E-state index in [1.165, 1.54) is 24.5 Å². The van der Waals surface area contributed by atoms with Crippen LogP contribution in [-0.2, 0) is 17.5 Å². The predicted octanol–water partition coefficient (Wildman–Crippen LogP) is 7.18. The lowest BCUT2D eigenvalue weighted by Crippen LogP contribution is -2.45. The fourth-order valence-electron chi connectivity index (χ4n) is 6.94. The number of halogens is 3. The van der Waals surface area contributed by atoms with Crippen LogP contribution < -0.4 is 20.9 Å². The van der Waals surface area contributed by atoms with Crippen LogP contribution in [0.4, 0.5) is 41.7 Å². The minimum atomic E-state index is -4.60. The number of amides is 2. The van der Waals surface area contributed by atoms with Crippen LogP contribution in [0.25, 0.3) is 10.9 Å². The van der Waals surface area contributed by atoms with Gasteiger partial charge in [0.15, 0.2) is 0 Å². The maximum absolute atomic E-state index is 14.2. The fourth-order valence-corrected chi connectivity index (χ4v) is 6.94. The molecule has 0 aliphatic carbocycles. The van der Waals surface area contributed by atoms with Crippen molar-refractivity contribution in [2.45, 2.75) is 26.6 Å². The summed E-state index contributed by atoms with van der Waals surface area (Å²) in [5.74, 6) is -0.531. The number of morpholine rings is 1. The molecular formula is C41H43F3N8O3. The molecule has 4 aromatic carbocycles. The number of rotatable bonds is 10. The summed E-state index contributed by atoms with van der Waals surface area (Å²) in [5, 5.41) is 9.49. The third-order valence-electron chi connectivity index (χ3n) is 10.1. The summed E-state index contributed by atoms with van der Waals surface area (Å²) in [6.07, 6.45) is -3.20. The average Bonchev–Trinajstić information content (AvgIpc) is 3.19. The van der Waals surface area contributed by atoms with Crippen LogP contribution in [0, 0.1) is 6.92 Å².